The largest absolute Gasteiger partial charge is 0.377 e. The fourth-order valence-electron chi connectivity index (χ4n) is 2.28. The van der Waals surface area contributed by atoms with E-state index in [1.807, 2.05) is 48.7 Å². The molecule has 0 fully saturated rings. The fraction of sp³-hybridized carbons (Fsp3) is 0.125. The van der Waals surface area contributed by atoms with Crippen LogP contribution in [0.15, 0.2) is 48.7 Å². The monoisotopic (exact) mass is 262 g/mol. The number of anilines is 1. The number of benzene rings is 2. The maximum Gasteiger partial charge on any atom is 0.0991 e. The predicted molar refractivity (Wildman–Crippen MR) is 79.3 cm³/mol. The van der Waals surface area contributed by atoms with Crippen LogP contribution >= 0.6 is 0 Å². The average molecular weight is 262 g/mol. The van der Waals surface area contributed by atoms with Gasteiger partial charge < -0.3 is 5.32 Å². The molecule has 0 aliphatic carbocycles. The summed E-state index contributed by atoms with van der Waals surface area (Å²) in [5.41, 5.74) is 3.77. The number of fused-ring (bicyclic) bond motifs is 1. The number of nitrogens with zero attached hydrogens (tertiary/aromatic N) is 2. The Kier molecular flexibility index (Phi) is 3.10. The minimum absolute atomic E-state index is 0.109. The minimum Gasteiger partial charge on any atom is -0.377 e. The van der Waals surface area contributed by atoms with E-state index in [-0.39, 0.29) is 6.04 Å². The van der Waals surface area contributed by atoms with Gasteiger partial charge in [-0.05, 0) is 30.7 Å². The highest BCUT2D eigenvalue weighted by Gasteiger charge is 2.09. The van der Waals surface area contributed by atoms with E-state index in [9.17, 15) is 0 Å². The Hall–Kier alpha value is -2.80. The predicted octanol–water partition coefficient (Wildman–Crippen LogP) is 3.61. The van der Waals surface area contributed by atoms with E-state index in [1.54, 1.807) is 0 Å². The van der Waals surface area contributed by atoms with Crippen LogP contribution in [0.5, 0.6) is 0 Å². The molecule has 0 amide bonds. The molecular weight excluding hydrogens is 248 g/mol. The summed E-state index contributed by atoms with van der Waals surface area (Å²) in [4.78, 5) is 0. The van der Waals surface area contributed by atoms with Crippen molar-refractivity contribution in [2.24, 2.45) is 0 Å². The average Bonchev–Trinajstić information content (AvgIpc) is 2.97. The molecule has 2 aromatic carbocycles. The topological polar surface area (TPSA) is 64.5 Å². The zero-order chi connectivity index (χ0) is 13.9. The highest BCUT2D eigenvalue weighted by Crippen LogP contribution is 2.25. The van der Waals surface area contributed by atoms with Crippen molar-refractivity contribution < 1.29 is 0 Å². The summed E-state index contributed by atoms with van der Waals surface area (Å²) in [5, 5.41) is 20.6. The lowest BCUT2D eigenvalue weighted by Gasteiger charge is -2.16. The zero-order valence-electron chi connectivity index (χ0n) is 11.1. The first-order chi connectivity index (χ1) is 9.78. The number of nitrogens with one attached hydrogen (secondary N) is 2. The maximum absolute atomic E-state index is 8.96. The zero-order valence-corrected chi connectivity index (χ0v) is 11.1. The van der Waals surface area contributed by atoms with Crippen LogP contribution in [-0.2, 0) is 0 Å². The maximum atomic E-state index is 8.96. The lowest BCUT2D eigenvalue weighted by molar-refractivity contribution is 0.885. The molecule has 0 aliphatic heterocycles. The SMILES string of the molecule is CC(Nc1cccc2cn[nH]c12)c1cccc(C#N)c1. The molecule has 1 aromatic heterocycles. The molecule has 0 spiro atoms. The molecule has 1 unspecified atom stereocenters. The summed E-state index contributed by atoms with van der Waals surface area (Å²) in [6.45, 7) is 2.08. The fourth-order valence-corrected chi connectivity index (χ4v) is 2.28. The molecule has 0 saturated heterocycles. The van der Waals surface area contributed by atoms with Gasteiger partial charge in [0.05, 0.1) is 29.0 Å². The number of rotatable bonds is 3. The third-order valence-electron chi connectivity index (χ3n) is 3.36. The van der Waals surface area contributed by atoms with Crippen LogP contribution in [0.1, 0.15) is 24.1 Å². The molecular formula is C16H14N4. The van der Waals surface area contributed by atoms with Crippen molar-refractivity contribution in [3.05, 3.63) is 59.8 Å². The van der Waals surface area contributed by atoms with Gasteiger partial charge in [-0.15, -0.1) is 0 Å². The smallest absolute Gasteiger partial charge is 0.0991 e. The van der Waals surface area contributed by atoms with Gasteiger partial charge in [-0.25, -0.2) is 0 Å². The Morgan fingerprint density at radius 1 is 1.25 bits per heavy atom. The molecule has 1 heterocycles. The molecule has 0 saturated carbocycles. The van der Waals surface area contributed by atoms with Crippen molar-refractivity contribution in [2.45, 2.75) is 13.0 Å². The quantitative estimate of drug-likeness (QED) is 0.757. The lowest BCUT2D eigenvalue weighted by Crippen LogP contribution is -2.07. The van der Waals surface area contributed by atoms with Crippen LogP contribution < -0.4 is 5.32 Å². The van der Waals surface area contributed by atoms with Gasteiger partial charge in [0.2, 0.25) is 0 Å². The second-order valence-corrected chi connectivity index (χ2v) is 4.74. The number of aromatic amines is 1. The summed E-state index contributed by atoms with van der Waals surface area (Å²) in [5.74, 6) is 0. The van der Waals surface area contributed by atoms with Crippen LogP contribution in [-0.4, -0.2) is 10.2 Å². The second kappa shape index (κ2) is 5.06. The molecule has 1 atom stereocenters. The van der Waals surface area contributed by atoms with Crippen molar-refractivity contribution >= 4 is 16.6 Å². The van der Waals surface area contributed by atoms with Crippen molar-refractivity contribution in [1.29, 1.82) is 5.26 Å². The van der Waals surface area contributed by atoms with Crippen molar-refractivity contribution in [3.8, 4) is 6.07 Å². The molecule has 0 radical (unpaired) electrons. The molecule has 0 aliphatic rings. The van der Waals surface area contributed by atoms with E-state index in [1.165, 1.54) is 0 Å². The van der Waals surface area contributed by atoms with Crippen LogP contribution in [0.2, 0.25) is 0 Å². The van der Waals surface area contributed by atoms with Gasteiger partial charge in [0.1, 0.15) is 0 Å². The Balaban J connectivity index is 1.90. The molecule has 0 bridgehead atoms. The number of hydrogen-bond donors (Lipinski definition) is 2. The summed E-state index contributed by atoms with van der Waals surface area (Å²) >= 11 is 0. The van der Waals surface area contributed by atoms with E-state index in [4.69, 9.17) is 5.26 Å². The molecule has 4 heteroatoms. The summed E-state index contributed by atoms with van der Waals surface area (Å²) in [6, 6.07) is 16.0. The highest BCUT2D eigenvalue weighted by molar-refractivity contribution is 5.90. The number of H-pyrrole nitrogens is 1. The van der Waals surface area contributed by atoms with Crippen molar-refractivity contribution in [3.63, 3.8) is 0 Å². The second-order valence-electron chi connectivity index (χ2n) is 4.74. The van der Waals surface area contributed by atoms with Crippen LogP contribution in [0, 0.1) is 11.3 Å². The van der Waals surface area contributed by atoms with Crippen LogP contribution in [0.25, 0.3) is 10.9 Å². The van der Waals surface area contributed by atoms with Crippen molar-refractivity contribution in [1.82, 2.24) is 10.2 Å². The lowest BCUT2D eigenvalue weighted by atomic mass is 10.1. The molecule has 98 valence electrons. The van der Waals surface area contributed by atoms with Gasteiger partial charge in [-0.2, -0.15) is 10.4 Å². The normalized spacial score (nSPS) is 12.0. The standard InChI is InChI=1S/C16H14N4/c1-11(13-5-2-4-12(8-13)9-17)19-15-7-3-6-14-10-18-20-16(14)15/h2-8,10-11,19H,1H3,(H,18,20). The number of para-hydroxylation sites is 1. The first-order valence-electron chi connectivity index (χ1n) is 6.46. The van der Waals surface area contributed by atoms with E-state index in [0.717, 1.165) is 22.2 Å². The molecule has 20 heavy (non-hydrogen) atoms. The van der Waals surface area contributed by atoms with Gasteiger partial charge in [0.25, 0.3) is 0 Å². The van der Waals surface area contributed by atoms with E-state index in [0.29, 0.717) is 5.56 Å². The van der Waals surface area contributed by atoms with Gasteiger partial charge in [-0.1, -0.05) is 24.3 Å². The first kappa shape index (κ1) is 12.2. The van der Waals surface area contributed by atoms with Crippen LogP contribution in [0.4, 0.5) is 5.69 Å². The molecule has 2 N–H and O–H groups in total. The van der Waals surface area contributed by atoms with Gasteiger partial charge >= 0.3 is 0 Å². The van der Waals surface area contributed by atoms with Gasteiger partial charge in [0.15, 0.2) is 0 Å². The number of nitriles is 1. The Morgan fingerprint density at radius 2 is 2.10 bits per heavy atom. The Morgan fingerprint density at radius 3 is 2.95 bits per heavy atom. The molecule has 3 aromatic rings. The van der Waals surface area contributed by atoms with E-state index < -0.39 is 0 Å². The van der Waals surface area contributed by atoms with E-state index in [2.05, 4.69) is 28.5 Å². The van der Waals surface area contributed by atoms with E-state index >= 15 is 0 Å². The minimum atomic E-state index is 0.109. The summed E-state index contributed by atoms with van der Waals surface area (Å²) in [6.07, 6.45) is 1.81. The Labute approximate surface area is 117 Å². The summed E-state index contributed by atoms with van der Waals surface area (Å²) < 4.78 is 0. The third-order valence-corrected chi connectivity index (χ3v) is 3.36. The third kappa shape index (κ3) is 2.21. The molecule has 3 rings (SSSR count). The van der Waals surface area contributed by atoms with Gasteiger partial charge in [-0.3, -0.25) is 5.10 Å². The first-order valence-corrected chi connectivity index (χ1v) is 6.46. The highest BCUT2D eigenvalue weighted by atomic mass is 15.1. The Bertz CT molecular complexity index is 782. The number of aromatic nitrogens is 2. The van der Waals surface area contributed by atoms with Crippen LogP contribution in [0.3, 0.4) is 0 Å². The van der Waals surface area contributed by atoms with Crippen molar-refractivity contribution in [2.75, 3.05) is 5.32 Å². The summed E-state index contributed by atoms with van der Waals surface area (Å²) in [7, 11) is 0. The molecule has 4 nitrogen and oxygen atoms in total. The van der Waals surface area contributed by atoms with Gasteiger partial charge in [0, 0.05) is 11.4 Å². The number of hydrogen-bond acceptors (Lipinski definition) is 3.